The van der Waals surface area contributed by atoms with Crippen molar-refractivity contribution in [3.05, 3.63) is 0 Å². The molecular weight excluding hydrogens is 242 g/mol. The van der Waals surface area contributed by atoms with Crippen LogP contribution >= 0.6 is 0 Å². The summed E-state index contributed by atoms with van der Waals surface area (Å²) < 4.78 is 33.4. The number of hydrogen-bond donors (Lipinski definition) is 2. The smallest absolute Gasteiger partial charge is 0.279 e. The highest BCUT2D eigenvalue weighted by Crippen LogP contribution is 2.17. The second kappa shape index (κ2) is 5.62. The lowest BCUT2D eigenvalue weighted by molar-refractivity contribution is 0.0887. The molecule has 2 atom stereocenters. The Kier molecular flexibility index (Phi) is 4.37. The van der Waals surface area contributed by atoms with Gasteiger partial charge >= 0.3 is 0 Å². The van der Waals surface area contributed by atoms with Crippen molar-refractivity contribution in [3.63, 3.8) is 0 Å². The molecule has 0 radical (unpaired) electrons. The molecule has 0 spiro atoms. The van der Waals surface area contributed by atoms with Crippen molar-refractivity contribution in [2.24, 2.45) is 5.92 Å². The Morgan fingerprint density at radius 1 is 1.53 bits per heavy atom. The minimum Gasteiger partial charge on any atom is -0.377 e. The number of hydrogen-bond acceptors (Lipinski definition) is 4. The fourth-order valence-electron chi connectivity index (χ4n) is 2.38. The van der Waals surface area contributed by atoms with Crippen LogP contribution in [0.4, 0.5) is 0 Å². The molecule has 0 aromatic rings. The summed E-state index contributed by atoms with van der Waals surface area (Å²) in [5.41, 5.74) is 0. The van der Waals surface area contributed by atoms with E-state index < -0.39 is 10.2 Å². The highest BCUT2D eigenvalue weighted by Gasteiger charge is 2.33. The second-order valence-corrected chi connectivity index (χ2v) is 6.48. The zero-order chi connectivity index (χ0) is 12.3. The highest BCUT2D eigenvalue weighted by molar-refractivity contribution is 7.87. The molecular formula is C10H21N3O3S. The summed E-state index contributed by atoms with van der Waals surface area (Å²) in [5, 5.41) is 3.09. The van der Waals surface area contributed by atoms with Crippen LogP contribution < -0.4 is 10.0 Å². The maximum absolute atomic E-state index is 11.9. The lowest BCUT2D eigenvalue weighted by Gasteiger charge is -2.33. The van der Waals surface area contributed by atoms with Crippen LogP contribution in [0.15, 0.2) is 0 Å². The van der Waals surface area contributed by atoms with Crippen molar-refractivity contribution < 1.29 is 13.2 Å². The standard InChI is InChI=1S/C10H21N3O3S/c1-11-5-9-6-12-17(14,15)13(7-9)8-10-3-2-4-16-10/h9-12H,2-8H2,1H3. The van der Waals surface area contributed by atoms with Crippen LogP contribution in [0.2, 0.25) is 0 Å². The van der Waals surface area contributed by atoms with E-state index in [4.69, 9.17) is 4.74 Å². The van der Waals surface area contributed by atoms with Gasteiger partial charge in [0.2, 0.25) is 0 Å². The largest absolute Gasteiger partial charge is 0.377 e. The number of ether oxygens (including phenoxy) is 1. The van der Waals surface area contributed by atoms with Gasteiger partial charge in [-0.15, -0.1) is 0 Å². The Bertz CT molecular complexity index is 341. The molecule has 7 heteroatoms. The van der Waals surface area contributed by atoms with Gasteiger partial charge in [-0.25, -0.2) is 4.72 Å². The molecule has 0 aromatic carbocycles. The van der Waals surface area contributed by atoms with Gasteiger partial charge in [0.1, 0.15) is 0 Å². The average Bonchev–Trinajstić information content (AvgIpc) is 2.76. The predicted octanol–water partition coefficient (Wildman–Crippen LogP) is -0.849. The van der Waals surface area contributed by atoms with Gasteiger partial charge in [-0.1, -0.05) is 0 Å². The Labute approximate surface area is 103 Å². The summed E-state index contributed by atoms with van der Waals surface area (Å²) in [6, 6.07) is 0. The van der Waals surface area contributed by atoms with Crippen LogP contribution in [-0.2, 0) is 14.9 Å². The summed E-state index contributed by atoms with van der Waals surface area (Å²) in [7, 11) is -1.40. The van der Waals surface area contributed by atoms with Crippen molar-refractivity contribution >= 4 is 10.2 Å². The lowest BCUT2D eigenvalue weighted by atomic mass is 10.1. The molecule has 2 fully saturated rings. The number of rotatable bonds is 4. The monoisotopic (exact) mass is 263 g/mol. The van der Waals surface area contributed by atoms with Gasteiger partial charge in [-0.05, 0) is 25.8 Å². The Balaban J connectivity index is 1.95. The van der Waals surface area contributed by atoms with Crippen LogP contribution in [0.25, 0.3) is 0 Å². The van der Waals surface area contributed by atoms with E-state index in [9.17, 15) is 8.42 Å². The molecule has 2 N–H and O–H groups in total. The molecule has 0 amide bonds. The van der Waals surface area contributed by atoms with E-state index in [1.165, 1.54) is 4.31 Å². The van der Waals surface area contributed by atoms with Crippen LogP contribution in [-0.4, -0.2) is 58.7 Å². The second-order valence-electron chi connectivity index (χ2n) is 4.73. The molecule has 2 unspecified atom stereocenters. The SMILES string of the molecule is CNCC1CNS(=O)(=O)N(CC2CCCO2)C1. The third-order valence-electron chi connectivity index (χ3n) is 3.28. The van der Waals surface area contributed by atoms with Gasteiger partial charge in [-0.3, -0.25) is 0 Å². The van der Waals surface area contributed by atoms with E-state index in [-0.39, 0.29) is 6.10 Å². The minimum atomic E-state index is -3.29. The molecule has 2 aliphatic heterocycles. The fourth-order valence-corrected chi connectivity index (χ4v) is 3.78. The Morgan fingerprint density at radius 2 is 2.35 bits per heavy atom. The molecule has 17 heavy (non-hydrogen) atoms. The van der Waals surface area contributed by atoms with Crippen molar-refractivity contribution in [1.82, 2.24) is 14.3 Å². The van der Waals surface area contributed by atoms with Gasteiger partial charge in [0.15, 0.2) is 0 Å². The first-order chi connectivity index (χ1) is 8.12. The van der Waals surface area contributed by atoms with Gasteiger partial charge in [0.25, 0.3) is 10.2 Å². The van der Waals surface area contributed by atoms with Crippen LogP contribution in [0.1, 0.15) is 12.8 Å². The topological polar surface area (TPSA) is 70.7 Å². The van der Waals surface area contributed by atoms with Crippen molar-refractivity contribution in [2.75, 3.05) is 39.8 Å². The normalized spacial score (nSPS) is 33.9. The van der Waals surface area contributed by atoms with E-state index in [2.05, 4.69) is 10.0 Å². The Hall–Kier alpha value is -0.210. The van der Waals surface area contributed by atoms with Gasteiger partial charge in [0.05, 0.1) is 6.10 Å². The molecule has 0 saturated carbocycles. The van der Waals surface area contributed by atoms with E-state index in [1.807, 2.05) is 7.05 Å². The third-order valence-corrected chi connectivity index (χ3v) is 4.79. The van der Waals surface area contributed by atoms with Gasteiger partial charge in [0, 0.05) is 32.8 Å². The van der Waals surface area contributed by atoms with E-state index in [1.54, 1.807) is 0 Å². The van der Waals surface area contributed by atoms with Crippen molar-refractivity contribution in [1.29, 1.82) is 0 Å². The zero-order valence-corrected chi connectivity index (χ0v) is 11.0. The van der Waals surface area contributed by atoms with Crippen molar-refractivity contribution in [3.8, 4) is 0 Å². The summed E-state index contributed by atoms with van der Waals surface area (Å²) >= 11 is 0. The molecule has 0 aromatic heterocycles. The zero-order valence-electron chi connectivity index (χ0n) is 10.2. The maximum Gasteiger partial charge on any atom is 0.279 e. The molecule has 2 saturated heterocycles. The first kappa shape index (κ1) is 13.2. The first-order valence-electron chi connectivity index (χ1n) is 6.13. The van der Waals surface area contributed by atoms with Crippen LogP contribution in [0.3, 0.4) is 0 Å². The lowest BCUT2D eigenvalue weighted by Crippen LogP contribution is -2.54. The Morgan fingerprint density at radius 3 is 3.00 bits per heavy atom. The summed E-state index contributed by atoms with van der Waals surface area (Å²) in [6.45, 7) is 3.16. The quantitative estimate of drug-likeness (QED) is 0.693. The third kappa shape index (κ3) is 3.38. The van der Waals surface area contributed by atoms with Crippen LogP contribution in [0.5, 0.6) is 0 Å². The van der Waals surface area contributed by atoms with Crippen LogP contribution in [0, 0.1) is 5.92 Å². The first-order valence-corrected chi connectivity index (χ1v) is 7.57. The molecule has 100 valence electrons. The minimum absolute atomic E-state index is 0.0694. The molecule has 0 bridgehead atoms. The highest BCUT2D eigenvalue weighted by atomic mass is 32.2. The molecule has 2 aliphatic rings. The molecule has 6 nitrogen and oxygen atoms in total. The van der Waals surface area contributed by atoms with Gasteiger partial charge < -0.3 is 10.1 Å². The van der Waals surface area contributed by atoms with E-state index in [0.717, 1.165) is 26.0 Å². The summed E-state index contributed by atoms with van der Waals surface area (Å²) in [5.74, 6) is 0.324. The fraction of sp³-hybridized carbons (Fsp3) is 1.00. The average molecular weight is 263 g/mol. The summed E-state index contributed by atoms with van der Waals surface area (Å²) in [6.07, 6.45) is 2.06. The molecule has 2 rings (SSSR count). The molecule has 0 aliphatic carbocycles. The summed E-state index contributed by atoms with van der Waals surface area (Å²) in [4.78, 5) is 0. The van der Waals surface area contributed by atoms with E-state index in [0.29, 0.717) is 25.6 Å². The number of nitrogens with one attached hydrogen (secondary N) is 2. The van der Waals surface area contributed by atoms with Crippen molar-refractivity contribution in [2.45, 2.75) is 18.9 Å². The number of nitrogens with zero attached hydrogens (tertiary/aromatic N) is 1. The van der Waals surface area contributed by atoms with E-state index >= 15 is 0 Å². The predicted molar refractivity (Wildman–Crippen MR) is 64.9 cm³/mol. The van der Waals surface area contributed by atoms with Gasteiger partial charge in [-0.2, -0.15) is 12.7 Å². The molecule has 2 heterocycles. The maximum atomic E-state index is 11.9.